The highest BCUT2D eigenvalue weighted by Crippen LogP contribution is 2.36. The summed E-state index contributed by atoms with van der Waals surface area (Å²) in [5, 5.41) is 3.72. The Bertz CT molecular complexity index is 717. The van der Waals surface area contributed by atoms with Crippen LogP contribution in [0.25, 0.3) is 0 Å². The van der Waals surface area contributed by atoms with Gasteiger partial charge < -0.3 is 14.4 Å². The second kappa shape index (κ2) is 7.36. The van der Waals surface area contributed by atoms with Crippen LogP contribution in [0.15, 0.2) is 23.9 Å². The smallest absolute Gasteiger partial charge is 0.165 e. The number of aryl methyl sites for hydroxylation is 1. The van der Waals surface area contributed by atoms with Crippen molar-refractivity contribution in [3.8, 4) is 11.5 Å². The van der Waals surface area contributed by atoms with Crippen LogP contribution in [0, 0.1) is 6.92 Å². The molecule has 2 aliphatic heterocycles. The minimum atomic E-state index is 0.0270. The van der Waals surface area contributed by atoms with Gasteiger partial charge in [-0.1, -0.05) is 12.1 Å². The molecule has 0 spiro atoms. The Morgan fingerprint density at radius 1 is 0.963 bits per heavy atom. The average Bonchev–Trinajstić information content (AvgIpc) is 2.84. The number of rotatable bonds is 5. The largest absolute Gasteiger partial charge is 0.493 e. The van der Waals surface area contributed by atoms with Gasteiger partial charge in [0.1, 0.15) is 0 Å². The van der Waals surface area contributed by atoms with E-state index in [1.807, 2.05) is 0 Å². The lowest BCUT2D eigenvalue weighted by atomic mass is 10.0. The summed E-state index contributed by atoms with van der Waals surface area (Å²) in [5.74, 6) is 1.71. The second-order valence-electron chi connectivity index (χ2n) is 8.87. The van der Waals surface area contributed by atoms with Crippen LogP contribution >= 0.6 is 0 Å². The summed E-state index contributed by atoms with van der Waals surface area (Å²) >= 11 is 0. The molecule has 1 aromatic rings. The SMILES string of the molecule is COc1c(C)ccc(CN2CCN(C3=CC(C)(C)NC3(C)C)CC2)c1OC. The molecule has 2 aliphatic rings. The first-order valence-electron chi connectivity index (χ1n) is 9.87. The van der Waals surface area contributed by atoms with E-state index in [9.17, 15) is 0 Å². The van der Waals surface area contributed by atoms with E-state index in [-0.39, 0.29) is 11.1 Å². The Morgan fingerprint density at radius 2 is 1.59 bits per heavy atom. The molecule has 0 atom stereocenters. The molecule has 0 aliphatic carbocycles. The third-order valence-corrected chi connectivity index (χ3v) is 5.68. The predicted octanol–water partition coefficient (Wildman–Crippen LogP) is 3.17. The molecule has 2 heterocycles. The highest BCUT2D eigenvalue weighted by molar-refractivity contribution is 5.51. The molecule has 0 bridgehead atoms. The van der Waals surface area contributed by atoms with Crippen LogP contribution in [0.5, 0.6) is 11.5 Å². The number of nitrogens with zero attached hydrogens (tertiary/aromatic N) is 2. The predicted molar refractivity (Wildman–Crippen MR) is 111 cm³/mol. The monoisotopic (exact) mass is 373 g/mol. The van der Waals surface area contributed by atoms with E-state index in [1.54, 1.807) is 14.2 Å². The number of ether oxygens (including phenoxy) is 2. The summed E-state index contributed by atoms with van der Waals surface area (Å²) in [6.07, 6.45) is 2.40. The fraction of sp³-hybridized carbons (Fsp3) is 0.636. The molecule has 1 aromatic carbocycles. The maximum Gasteiger partial charge on any atom is 0.165 e. The maximum absolute atomic E-state index is 5.66. The quantitative estimate of drug-likeness (QED) is 0.858. The topological polar surface area (TPSA) is 37.0 Å². The molecule has 5 nitrogen and oxygen atoms in total. The summed E-state index contributed by atoms with van der Waals surface area (Å²) in [6, 6.07) is 4.28. The van der Waals surface area contributed by atoms with Crippen molar-refractivity contribution in [1.82, 2.24) is 15.1 Å². The van der Waals surface area contributed by atoms with Gasteiger partial charge in [-0.15, -0.1) is 0 Å². The zero-order chi connectivity index (χ0) is 19.8. The van der Waals surface area contributed by atoms with Gasteiger partial charge in [0.2, 0.25) is 0 Å². The lowest BCUT2D eigenvalue weighted by Crippen LogP contribution is -2.52. The summed E-state index contributed by atoms with van der Waals surface area (Å²) in [4.78, 5) is 5.05. The molecule has 0 aromatic heterocycles. The normalized spacial score (nSPS) is 21.9. The summed E-state index contributed by atoms with van der Waals surface area (Å²) in [6.45, 7) is 16.2. The molecule has 0 unspecified atom stereocenters. The van der Waals surface area contributed by atoms with E-state index in [2.05, 4.69) is 67.9 Å². The molecule has 1 N–H and O–H groups in total. The fourth-order valence-electron chi connectivity index (χ4n) is 4.61. The van der Waals surface area contributed by atoms with Crippen LogP contribution in [-0.2, 0) is 6.54 Å². The standard InChI is InChI=1S/C22H35N3O2/c1-16-8-9-17(20(27-7)19(16)26-6)15-24-10-12-25(13-11-24)18-14-21(2,3)23-22(18,4)5/h8-9,14,23H,10-13,15H2,1-7H3. The number of nitrogens with one attached hydrogen (secondary N) is 1. The third kappa shape index (κ3) is 4.09. The van der Waals surface area contributed by atoms with Crippen LogP contribution in [0.4, 0.5) is 0 Å². The van der Waals surface area contributed by atoms with Gasteiger partial charge in [-0.3, -0.25) is 10.2 Å². The van der Waals surface area contributed by atoms with Gasteiger partial charge in [-0.2, -0.15) is 0 Å². The molecule has 150 valence electrons. The number of piperazine rings is 1. The molecular weight excluding hydrogens is 338 g/mol. The van der Waals surface area contributed by atoms with Crippen LogP contribution in [-0.4, -0.2) is 61.3 Å². The molecule has 1 saturated heterocycles. The third-order valence-electron chi connectivity index (χ3n) is 5.68. The number of hydrogen-bond donors (Lipinski definition) is 1. The summed E-state index contributed by atoms with van der Waals surface area (Å²) in [7, 11) is 3.43. The Labute approximate surface area is 164 Å². The number of methoxy groups -OCH3 is 2. The second-order valence-corrected chi connectivity index (χ2v) is 8.87. The van der Waals surface area contributed by atoms with E-state index >= 15 is 0 Å². The minimum absolute atomic E-state index is 0.0270. The van der Waals surface area contributed by atoms with Crippen LogP contribution in [0.1, 0.15) is 38.8 Å². The first kappa shape index (κ1) is 20.0. The molecule has 0 amide bonds. The molecule has 0 radical (unpaired) electrons. The first-order valence-corrected chi connectivity index (χ1v) is 9.87. The van der Waals surface area contributed by atoms with Crippen molar-refractivity contribution in [1.29, 1.82) is 0 Å². The summed E-state index contributed by atoms with van der Waals surface area (Å²) in [5.41, 5.74) is 3.81. The van der Waals surface area contributed by atoms with Crippen molar-refractivity contribution in [2.24, 2.45) is 0 Å². The fourth-order valence-corrected chi connectivity index (χ4v) is 4.61. The van der Waals surface area contributed by atoms with Crippen LogP contribution in [0.3, 0.4) is 0 Å². The highest BCUT2D eigenvalue weighted by Gasteiger charge is 2.40. The Hall–Kier alpha value is -1.72. The Balaban J connectivity index is 1.67. The van der Waals surface area contributed by atoms with Crippen molar-refractivity contribution >= 4 is 0 Å². The van der Waals surface area contributed by atoms with E-state index < -0.39 is 0 Å². The molecule has 1 fully saturated rings. The first-order chi connectivity index (χ1) is 12.7. The number of hydrogen-bond acceptors (Lipinski definition) is 5. The zero-order valence-corrected chi connectivity index (χ0v) is 18.0. The molecule has 27 heavy (non-hydrogen) atoms. The maximum atomic E-state index is 5.66. The van der Waals surface area contributed by atoms with E-state index in [0.29, 0.717) is 0 Å². The van der Waals surface area contributed by atoms with E-state index in [0.717, 1.165) is 49.8 Å². The molecule has 5 heteroatoms. The van der Waals surface area contributed by atoms with Crippen LogP contribution < -0.4 is 14.8 Å². The minimum Gasteiger partial charge on any atom is -0.493 e. The van der Waals surface area contributed by atoms with E-state index in [1.165, 1.54) is 11.3 Å². The van der Waals surface area contributed by atoms with Crippen molar-refractivity contribution in [3.05, 3.63) is 35.0 Å². The molecule has 3 rings (SSSR count). The highest BCUT2D eigenvalue weighted by atomic mass is 16.5. The Kier molecular flexibility index (Phi) is 5.46. The zero-order valence-electron chi connectivity index (χ0n) is 18.0. The van der Waals surface area contributed by atoms with Gasteiger partial charge in [0.15, 0.2) is 11.5 Å². The van der Waals surface area contributed by atoms with Gasteiger partial charge in [0, 0.05) is 49.5 Å². The van der Waals surface area contributed by atoms with Crippen molar-refractivity contribution in [2.75, 3.05) is 40.4 Å². The van der Waals surface area contributed by atoms with Gasteiger partial charge in [-0.05, 0) is 46.3 Å². The lowest BCUT2D eigenvalue weighted by Gasteiger charge is -2.41. The van der Waals surface area contributed by atoms with Crippen molar-refractivity contribution in [3.63, 3.8) is 0 Å². The lowest BCUT2D eigenvalue weighted by molar-refractivity contribution is 0.139. The van der Waals surface area contributed by atoms with Gasteiger partial charge in [0.05, 0.1) is 19.8 Å². The summed E-state index contributed by atoms with van der Waals surface area (Å²) < 4.78 is 11.2. The average molecular weight is 374 g/mol. The van der Waals surface area contributed by atoms with Crippen LogP contribution in [0.2, 0.25) is 0 Å². The van der Waals surface area contributed by atoms with Crippen molar-refractivity contribution < 1.29 is 9.47 Å². The van der Waals surface area contributed by atoms with E-state index in [4.69, 9.17) is 9.47 Å². The molecule has 0 saturated carbocycles. The van der Waals surface area contributed by atoms with Gasteiger partial charge >= 0.3 is 0 Å². The van der Waals surface area contributed by atoms with Gasteiger partial charge in [-0.25, -0.2) is 0 Å². The Morgan fingerprint density at radius 3 is 2.11 bits per heavy atom. The molecular formula is C22H35N3O2. The number of benzene rings is 1. The van der Waals surface area contributed by atoms with Crippen molar-refractivity contribution in [2.45, 2.75) is 52.2 Å². The van der Waals surface area contributed by atoms with Gasteiger partial charge in [0.25, 0.3) is 0 Å².